The zero-order chi connectivity index (χ0) is 33.9. The Kier molecular flexibility index (Phi) is 13.5. The summed E-state index contributed by atoms with van der Waals surface area (Å²) in [6.07, 6.45) is 5.75. The fraction of sp³-hybridized carbons (Fsp3) is 0.500. The second-order valence-electron chi connectivity index (χ2n) is 13.6. The van der Waals surface area contributed by atoms with Crippen LogP contribution in [-0.4, -0.2) is 46.1 Å². The van der Waals surface area contributed by atoms with Crippen molar-refractivity contribution in [2.45, 2.75) is 111 Å². The topological polar surface area (TPSA) is 108 Å². The number of phenolic OH excluding ortho intramolecular Hbond substituents is 1. The average molecular weight is 632 g/mol. The summed E-state index contributed by atoms with van der Waals surface area (Å²) in [6, 6.07) is 16.7. The molecule has 0 heterocycles. The summed E-state index contributed by atoms with van der Waals surface area (Å²) < 4.78 is 5.52. The van der Waals surface area contributed by atoms with Gasteiger partial charge in [-0.05, 0) is 92.6 Å². The second-order valence-corrected chi connectivity index (χ2v) is 13.6. The van der Waals surface area contributed by atoms with Crippen molar-refractivity contribution in [3.63, 3.8) is 0 Å². The van der Waals surface area contributed by atoms with Crippen molar-refractivity contribution in [1.29, 1.82) is 0 Å². The highest BCUT2D eigenvalue weighted by Gasteiger charge is 2.36. The molecular weight excluding hydrogens is 578 g/mol. The molecule has 0 aliphatic carbocycles. The fourth-order valence-electron chi connectivity index (χ4n) is 5.57. The number of alkyl carbamates (subject to hydrolysis) is 1. The number of nitrogens with one attached hydrogen (secondary N) is 2. The molecule has 8 heteroatoms. The molecule has 0 saturated heterocycles. The molecule has 3 aromatic carbocycles. The number of hydrogen-bond donors (Lipinski definition) is 3. The van der Waals surface area contributed by atoms with Gasteiger partial charge in [0.25, 0.3) is 5.91 Å². The molecule has 2 atom stereocenters. The fourth-order valence-corrected chi connectivity index (χ4v) is 5.57. The minimum atomic E-state index is -1.01. The number of aromatic hydroxyl groups is 1. The van der Waals surface area contributed by atoms with Crippen LogP contribution in [0.1, 0.15) is 104 Å². The summed E-state index contributed by atoms with van der Waals surface area (Å²) in [6.45, 7) is 13.6. The van der Waals surface area contributed by atoms with Crippen LogP contribution < -0.4 is 10.6 Å². The van der Waals surface area contributed by atoms with Crippen molar-refractivity contribution in [3.05, 3.63) is 71.8 Å². The number of anilines is 1. The lowest BCUT2D eigenvalue weighted by atomic mass is 9.97. The predicted molar refractivity (Wildman–Crippen MR) is 186 cm³/mol. The minimum absolute atomic E-state index is 0.0839. The van der Waals surface area contributed by atoms with E-state index in [0.717, 1.165) is 42.9 Å². The molecule has 3 amide bonds. The van der Waals surface area contributed by atoms with Gasteiger partial charge in [-0.25, -0.2) is 4.79 Å². The van der Waals surface area contributed by atoms with Crippen LogP contribution in [0.5, 0.6) is 5.75 Å². The van der Waals surface area contributed by atoms with E-state index >= 15 is 0 Å². The summed E-state index contributed by atoms with van der Waals surface area (Å²) in [7, 11) is 0. The van der Waals surface area contributed by atoms with E-state index in [2.05, 4.69) is 17.6 Å². The lowest BCUT2D eigenvalue weighted by Gasteiger charge is -2.35. The molecule has 0 aromatic heterocycles. The van der Waals surface area contributed by atoms with Crippen molar-refractivity contribution in [2.75, 3.05) is 11.9 Å². The third-order valence-corrected chi connectivity index (χ3v) is 7.85. The Labute approximate surface area is 274 Å². The molecule has 3 aromatic rings. The van der Waals surface area contributed by atoms with Gasteiger partial charge in [0.15, 0.2) is 0 Å². The van der Waals surface area contributed by atoms with Crippen molar-refractivity contribution in [1.82, 2.24) is 10.2 Å². The number of rotatable bonds is 15. The van der Waals surface area contributed by atoms with Crippen LogP contribution in [0.15, 0.2) is 60.7 Å². The van der Waals surface area contributed by atoms with E-state index in [1.807, 2.05) is 56.3 Å². The van der Waals surface area contributed by atoms with E-state index in [1.165, 1.54) is 0 Å². The SMILES string of the molecule is CCCCCCCCN(C(=O)C(CC(C)C)NC(=O)OC(C)(C)C)C(C(=O)Nc1ccc2ccccc2c1)c1ccc(O)c(C)c1. The first-order chi connectivity index (χ1) is 21.8. The van der Waals surface area contributed by atoms with Gasteiger partial charge < -0.3 is 25.4 Å². The number of phenols is 1. The summed E-state index contributed by atoms with van der Waals surface area (Å²) in [5.41, 5.74) is 1.05. The zero-order valence-electron chi connectivity index (χ0n) is 28.7. The predicted octanol–water partition coefficient (Wildman–Crippen LogP) is 8.66. The molecule has 0 aliphatic heterocycles. The van der Waals surface area contributed by atoms with E-state index in [-0.39, 0.29) is 23.5 Å². The largest absolute Gasteiger partial charge is 0.508 e. The van der Waals surface area contributed by atoms with Gasteiger partial charge in [0.2, 0.25) is 5.91 Å². The van der Waals surface area contributed by atoms with Crippen LogP contribution in [0.2, 0.25) is 0 Å². The summed E-state index contributed by atoms with van der Waals surface area (Å²) in [4.78, 5) is 43.4. The molecular formula is C38H53N3O5. The van der Waals surface area contributed by atoms with Gasteiger partial charge in [-0.3, -0.25) is 9.59 Å². The third-order valence-electron chi connectivity index (χ3n) is 7.85. The molecule has 2 unspecified atom stereocenters. The Morgan fingerprint density at radius 1 is 0.891 bits per heavy atom. The lowest BCUT2D eigenvalue weighted by molar-refractivity contribution is -0.141. The van der Waals surface area contributed by atoms with Gasteiger partial charge in [-0.1, -0.05) is 89.3 Å². The van der Waals surface area contributed by atoms with Crippen LogP contribution in [0.4, 0.5) is 10.5 Å². The molecule has 0 aliphatic rings. The van der Waals surface area contributed by atoms with Crippen LogP contribution in [0.25, 0.3) is 10.8 Å². The Balaban J connectivity index is 2.04. The average Bonchev–Trinajstić information content (AvgIpc) is 2.98. The molecule has 3 N–H and O–H groups in total. The van der Waals surface area contributed by atoms with E-state index in [9.17, 15) is 19.5 Å². The molecule has 0 fully saturated rings. The Bertz CT molecular complexity index is 1460. The molecule has 0 spiro atoms. The van der Waals surface area contributed by atoms with Gasteiger partial charge in [-0.2, -0.15) is 0 Å². The number of aryl methyl sites for hydroxylation is 1. The maximum absolute atomic E-state index is 14.6. The first kappa shape index (κ1) is 36.4. The Hall–Kier alpha value is -4.07. The number of nitrogens with zero attached hydrogens (tertiary/aromatic N) is 1. The lowest BCUT2D eigenvalue weighted by Crippen LogP contribution is -2.53. The molecule has 250 valence electrons. The highest BCUT2D eigenvalue weighted by atomic mass is 16.6. The van der Waals surface area contributed by atoms with Crippen molar-refractivity contribution < 1.29 is 24.2 Å². The van der Waals surface area contributed by atoms with Crippen LogP contribution in [0.3, 0.4) is 0 Å². The Morgan fingerprint density at radius 2 is 1.57 bits per heavy atom. The number of amides is 3. The first-order valence-electron chi connectivity index (χ1n) is 16.7. The number of fused-ring (bicyclic) bond motifs is 1. The zero-order valence-corrected chi connectivity index (χ0v) is 28.7. The summed E-state index contributed by atoms with van der Waals surface area (Å²) >= 11 is 0. The molecule has 46 heavy (non-hydrogen) atoms. The molecule has 8 nitrogen and oxygen atoms in total. The molecule has 0 saturated carbocycles. The first-order valence-corrected chi connectivity index (χ1v) is 16.7. The maximum atomic E-state index is 14.6. The standard InChI is InChI=1S/C38H53N3O5/c1-8-9-10-11-12-15-22-41(36(44)32(23-26(2)3)40-37(45)46-38(5,6)7)34(30-19-21-33(42)27(4)24-30)35(43)39-31-20-18-28-16-13-14-17-29(28)25-31/h13-14,16-21,24-26,32,34,42H,8-12,15,22-23H2,1-7H3,(H,39,43)(H,40,45). The number of ether oxygens (including phenoxy) is 1. The number of unbranched alkanes of at least 4 members (excludes halogenated alkanes) is 5. The van der Waals surface area contributed by atoms with Crippen molar-refractivity contribution in [3.8, 4) is 5.75 Å². The number of carbonyl (C=O) groups is 3. The van der Waals surface area contributed by atoms with E-state index in [0.29, 0.717) is 36.2 Å². The van der Waals surface area contributed by atoms with E-state index < -0.39 is 23.8 Å². The van der Waals surface area contributed by atoms with Crippen LogP contribution in [0, 0.1) is 12.8 Å². The van der Waals surface area contributed by atoms with E-state index in [4.69, 9.17) is 4.74 Å². The molecule has 0 radical (unpaired) electrons. The van der Waals surface area contributed by atoms with Gasteiger partial charge in [-0.15, -0.1) is 0 Å². The quantitative estimate of drug-likeness (QED) is 0.146. The van der Waals surface area contributed by atoms with Gasteiger partial charge in [0.1, 0.15) is 23.4 Å². The van der Waals surface area contributed by atoms with Gasteiger partial charge in [0, 0.05) is 12.2 Å². The number of carbonyl (C=O) groups excluding carboxylic acids is 3. The highest BCUT2D eigenvalue weighted by Crippen LogP contribution is 2.30. The van der Waals surface area contributed by atoms with Crippen molar-refractivity contribution in [2.24, 2.45) is 5.92 Å². The monoisotopic (exact) mass is 631 g/mol. The van der Waals surface area contributed by atoms with Crippen molar-refractivity contribution >= 4 is 34.4 Å². The molecule has 3 rings (SSSR count). The van der Waals surface area contributed by atoms with Crippen LogP contribution in [-0.2, 0) is 14.3 Å². The van der Waals surface area contributed by atoms with E-state index in [1.54, 1.807) is 50.8 Å². The van der Waals surface area contributed by atoms with Gasteiger partial charge >= 0.3 is 6.09 Å². The minimum Gasteiger partial charge on any atom is -0.508 e. The number of hydrogen-bond acceptors (Lipinski definition) is 5. The third kappa shape index (κ3) is 11.1. The smallest absolute Gasteiger partial charge is 0.408 e. The van der Waals surface area contributed by atoms with Gasteiger partial charge in [0.05, 0.1) is 0 Å². The highest BCUT2D eigenvalue weighted by molar-refractivity contribution is 6.00. The normalized spacial score (nSPS) is 12.9. The summed E-state index contributed by atoms with van der Waals surface area (Å²) in [5, 5.41) is 18.2. The second kappa shape index (κ2) is 17.0. The Morgan fingerprint density at radius 3 is 2.22 bits per heavy atom. The van der Waals surface area contributed by atoms with Crippen LogP contribution >= 0.6 is 0 Å². The number of benzene rings is 3. The molecule has 0 bridgehead atoms. The maximum Gasteiger partial charge on any atom is 0.408 e. The summed E-state index contributed by atoms with van der Waals surface area (Å²) in [5.74, 6) is -0.533.